The lowest BCUT2D eigenvalue weighted by Crippen LogP contribution is -2.20. The molecule has 3 rings (SSSR count). The number of hydrogen-bond acceptors (Lipinski definition) is 8. The maximum Gasteiger partial charge on any atom is 0.252 e. The van der Waals surface area contributed by atoms with Crippen molar-refractivity contribution in [3.05, 3.63) is 60.2 Å². The summed E-state index contributed by atoms with van der Waals surface area (Å²) in [5.74, 6) is 0.00718. The van der Waals surface area contributed by atoms with E-state index in [1.807, 2.05) is 0 Å². The van der Waals surface area contributed by atoms with Gasteiger partial charge in [-0.3, -0.25) is 30.4 Å². The molecule has 2 heterocycles. The topological polar surface area (TPSA) is 184 Å². The zero-order valence-corrected chi connectivity index (χ0v) is 22.6. The quantitative estimate of drug-likeness (QED) is 0.280. The predicted molar refractivity (Wildman–Crippen MR) is 154 cm³/mol. The molecule has 0 unspecified atom stereocenters. The third kappa shape index (κ3) is 10.9. The molecule has 0 spiro atoms. The molecule has 0 bridgehead atoms. The van der Waals surface area contributed by atoms with Gasteiger partial charge in [-0.05, 0) is 97.1 Å². The fourth-order valence-corrected chi connectivity index (χ4v) is 5.66. The molecule has 0 saturated heterocycles. The summed E-state index contributed by atoms with van der Waals surface area (Å²) >= 11 is 2.07. The second-order valence-corrected chi connectivity index (χ2v) is 11.3. The van der Waals surface area contributed by atoms with Crippen LogP contribution in [0, 0.1) is 22.7 Å². The fraction of sp³-hybridized carbons (Fsp3) is 0.385. The molecule has 38 heavy (non-hydrogen) atoms. The van der Waals surface area contributed by atoms with E-state index in [9.17, 15) is 9.59 Å². The number of amidine groups is 2. The number of amides is 2. The molecule has 1 aliphatic rings. The molecule has 1 aliphatic carbocycles. The first kappa shape index (κ1) is 29.2. The predicted octanol–water partition coefficient (Wildman–Crippen LogP) is 3.95. The molecule has 0 aromatic carbocycles. The highest BCUT2D eigenvalue weighted by atomic mass is 32.2. The average Bonchev–Trinajstić information content (AvgIpc) is 2.86. The van der Waals surface area contributed by atoms with E-state index < -0.39 is 0 Å². The number of aromatic nitrogens is 2. The lowest BCUT2D eigenvalue weighted by Gasteiger charge is -2.28. The number of nitrogens with two attached hydrogens (primary N) is 2. The molecule has 1 fully saturated rings. The van der Waals surface area contributed by atoms with Gasteiger partial charge in [0.1, 0.15) is 0 Å². The highest BCUT2D eigenvalue weighted by Crippen LogP contribution is 2.34. The van der Waals surface area contributed by atoms with Crippen molar-refractivity contribution in [2.75, 3.05) is 0 Å². The minimum Gasteiger partial charge on any atom is -0.378 e. The third-order valence-corrected chi connectivity index (χ3v) is 7.42. The first-order valence-corrected chi connectivity index (χ1v) is 13.9. The van der Waals surface area contributed by atoms with Crippen LogP contribution in [0.3, 0.4) is 0 Å². The molecule has 0 atom stereocenters. The number of hydrogen-bond donors (Lipinski definition) is 4. The molecule has 2 aromatic rings. The summed E-state index contributed by atoms with van der Waals surface area (Å²) in [5.41, 5.74) is 13.3. The smallest absolute Gasteiger partial charge is 0.252 e. The van der Waals surface area contributed by atoms with E-state index in [-0.39, 0.29) is 35.0 Å². The van der Waals surface area contributed by atoms with Crippen molar-refractivity contribution in [2.45, 2.75) is 51.4 Å². The van der Waals surface area contributed by atoms with Crippen LogP contribution in [-0.4, -0.2) is 42.2 Å². The molecule has 0 aliphatic heterocycles. The Morgan fingerprint density at radius 2 is 1.18 bits per heavy atom. The van der Waals surface area contributed by atoms with Gasteiger partial charge in [0.15, 0.2) is 10.3 Å². The second-order valence-electron chi connectivity index (χ2n) is 9.11. The Kier molecular flexibility index (Phi) is 11.6. The molecule has 0 radical (unpaired) electrons. The van der Waals surface area contributed by atoms with Crippen molar-refractivity contribution < 1.29 is 9.59 Å². The van der Waals surface area contributed by atoms with E-state index in [4.69, 9.17) is 22.3 Å². The van der Waals surface area contributed by atoms with E-state index in [2.05, 4.69) is 20.0 Å². The molecular formula is C26H32N8O2S2. The number of nitrogens with zero attached hydrogens (tertiary/aromatic N) is 4. The summed E-state index contributed by atoms with van der Waals surface area (Å²) in [7, 11) is 0. The largest absolute Gasteiger partial charge is 0.378 e. The number of aliphatic imine (C=N–C) groups is 2. The van der Waals surface area contributed by atoms with Gasteiger partial charge in [0.25, 0.3) is 11.8 Å². The maximum atomic E-state index is 12.1. The number of rotatable bonds is 8. The summed E-state index contributed by atoms with van der Waals surface area (Å²) in [6.45, 7) is 0. The standard InChI is InChI=1S/C26H32N8O2S2/c27-21(37-25(29)33-23(35)13-19-3-1-9-31-15-19)11-17-5-7-18(8-6-17)12-22(28)38-26(30)34-24(36)14-20-4-2-10-32-16-20/h1-4,9-10,15-18,27-28H,5-8,11-14H2,(H2,29,33,35)(H2,30,34,36). The van der Waals surface area contributed by atoms with Crippen molar-refractivity contribution in [1.29, 1.82) is 10.8 Å². The Morgan fingerprint density at radius 3 is 1.53 bits per heavy atom. The third-order valence-electron chi connectivity index (χ3n) is 6.00. The Labute approximate surface area is 230 Å². The highest BCUT2D eigenvalue weighted by Gasteiger charge is 2.24. The van der Waals surface area contributed by atoms with Gasteiger partial charge in [0.2, 0.25) is 0 Å². The van der Waals surface area contributed by atoms with Crippen molar-refractivity contribution >= 4 is 55.8 Å². The van der Waals surface area contributed by atoms with Gasteiger partial charge in [-0.15, -0.1) is 0 Å². The Hall–Kier alpha value is -3.38. The van der Waals surface area contributed by atoms with Crippen LogP contribution in [0.1, 0.15) is 49.7 Å². The number of carbonyl (C=O) groups excluding carboxylic acids is 2. The van der Waals surface area contributed by atoms with Crippen LogP contribution in [-0.2, 0) is 22.4 Å². The first-order valence-electron chi connectivity index (χ1n) is 12.3. The molecule has 2 amide bonds. The minimum atomic E-state index is -0.361. The van der Waals surface area contributed by atoms with Crippen LogP contribution in [0.25, 0.3) is 0 Å². The van der Waals surface area contributed by atoms with Crippen LogP contribution >= 0.6 is 23.5 Å². The van der Waals surface area contributed by atoms with Crippen LogP contribution in [0.15, 0.2) is 59.0 Å². The fourth-order valence-electron chi connectivity index (χ4n) is 4.23. The van der Waals surface area contributed by atoms with Crippen molar-refractivity contribution in [2.24, 2.45) is 33.3 Å². The van der Waals surface area contributed by atoms with Gasteiger partial charge in [0.05, 0.1) is 22.9 Å². The molecule has 12 heteroatoms. The van der Waals surface area contributed by atoms with E-state index >= 15 is 0 Å². The van der Waals surface area contributed by atoms with Crippen molar-refractivity contribution in [3.63, 3.8) is 0 Å². The van der Waals surface area contributed by atoms with E-state index in [0.29, 0.717) is 34.8 Å². The number of pyridine rings is 2. The Balaban J connectivity index is 1.34. The lowest BCUT2D eigenvalue weighted by molar-refractivity contribution is -0.118. The summed E-state index contributed by atoms with van der Waals surface area (Å²) < 4.78 is 0. The number of carbonyl (C=O) groups is 2. The number of thioether (sulfide) groups is 2. The number of nitrogens with one attached hydrogen (secondary N) is 2. The van der Waals surface area contributed by atoms with Crippen molar-refractivity contribution in [3.8, 4) is 0 Å². The summed E-state index contributed by atoms with van der Waals surface area (Å²) in [6, 6.07) is 7.12. The zero-order valence-electron chi connectivity index (χ0n) is 21.0. The van der Waals surface area contributed by atoms with Gasteiger partial charge in [-0.1, -0.05) is 12.1 Å². The molecule has 10 nitrogen and oxygen atoms in total. The van der Waals surface area contributed by atoms with Crippen LogP contribution < -0.4 is 11.5 Å². The molecule has 6 N–H and O–H groups in total. The molecular weight excluding hydrogens is 520 g/mol. The second kappa shape index (κ2) is 15.1. The molecule has 200 valence electrons. The monoisotopic (exact) mass is 552 g/mol. The lowest BCUT2D eigenvalue weighted by atomic mass is 9.79. The summed E-state index contributed by atoms with van der Waals surface area (Å²) in [5, 5.41) is 17.5. The van der Waals surface area contributed by atoms with Crippen LogP contribution in [0.4, 0.5) is 0 Å². The van der Waals surface area contributed by atoms with Gasteiger partial charge >= 0.3 is 0 Å². The summed E-state index contributed by atoms with van der Waals surface area (Å²) in [4.78, 5) is 39.9. The van der Waals surface area contributed by atoms with Gasteiger partial charge < -0.3 is 11.5 Å². The molecule has 2 aromatic heterocycles. The Morgan fingerprint density at radius 1 is 0.789 bits per heavy atom. The summed E-state index contributed by atoms with van der Waals surface area (Å²) in [6.07, 6.45) is 11.8. The maximum absolute atomic E-state index is 12.1. The van der Waals surface area contributed by atoms with Crippen LogP contribution in [0.2, 0.25) is 0 Å². The minimum absolute atomic E-state index is 0.0845. The molecule has 1 saturated carbocycles. The van der Waals surface area contributed by atoms with Gasteiger partial charge in [-0.25, -0.2) is 0 Å². The van der Waals surface area contributed by atoms with Gasteiger partial charge in [-0.2, -0.15) is 9.98 Å². The van der Waals surface area contributed by atoms with Gasteiger partial charge in [0, 0.05) is 24.8 Å². The highest BCUT2D eigenvalue weighted by molar-refractivity contribution is 8.26. The SMILES string of the molecule is N=C(CC1CCC(CC(=N)SC(N)=NC(=O)Cc2cccnc2)CC1)SC(N)=NC(=O)Cc1cccnc1. The Bertz CT molecular complexity index is 1090. The van der Waals surface area contributed by atoms with E-state index in [1.54, 1.807) is 49.1 Å². The zero-order chi connectivity index (χ0) is 27.3. The van der Waals surface area contributed by atoms with Crippen LogP contribution in [0.5, 0.6) is 0 Å². The first-order chi connectivity index (χ1) is 18.3. The van der Waals surface area contributed by atoms with Crippen molar-refractivity contribution in [1.82, 2.24) is 9.97 Å². The van der Waals surface area contributed by atoms with E-state index in [1.165, 1.54) is 0 Å². The average molecular weight is 553 g/mol. The normalized spacial score (nSPS) is 18.1. The van der Waals surface area contributed by atoms with E-state index in [0.717, 1.165) is 60.3 Å².